The van der Waals surface area contributed by atoms with Crippen molar-refractivity contribution in [1.82, 2.24) is 16.3 Å². The molecule has 0 saturated carbocycles. The predicted octanol–water partition coefficient (Wildman–Crippen LogP) is 2.54. The molecule has 7 heteroatoms. The zero-order valence-electron chi connectivity index (χ0n) is 12.7. The van der Waals surface area contributed by atoms with Gasteiger partial charge in [0.25, 0.3) is 5.91 Å². The molecule has 1 amide bonds. The van der Waals surface area contributed by atoms with Crippen LogP contribution in [0.3, 0.4) is 0 Å². The van der Waals surface area contributed by atoms with Crippen LogP contribution in [0.5, 0.6) is 0 Å². The first-order chi connectivity index (χ1) is 11.6. The summed E-state index contributed by atoms with van der Waals surface area (Å²) in [7, 11) is 0. The highest BCUT2D eigenvalue weighted by Crippen LogP contribution is 2.23. The SMILES string of the molecule is O=C(N/N=C/c1ccc(F)cc1)C1CC(c2ccc(Cl)cc2)NN1. The Morgan fingerprint density at radius 1 is 1.17 bits per heavy atom. The van der Waals surface area contributed by atoms with Crippen molar-refractivity contribution >= 4 is 23.7 Å². The summed E-state index contributed by atoms with van der Waals surface area (Å²) >= 11 is 5.88. The second kappa shape index (κ2) is 7.53. The molecule has 1 saturated heterocycles. The van der Waals surface area contributed by atoms with E-state index < -0.39 is 6.04 Å². The Labute approximate surface area is 143 Å². The number of benzene rings is 2. The molecule has 2 aromatic carbocycles. The summed E-state index contributed by atoms with van der Waals surface area (Å²) in [5, 5.41) is 4.57. The molecule has 2 atom stereocenters. The Bertz CT molecular complexity index is 733. The Morgan fingerprint density at radius 3 is 2.58 bits per heavy atom. The van der Waals surface area contributed by atoms with E-state index >= 15 is 0 Å². The molecule has 1 aliphatic heterocycles. The van der Waals surface area contributed by atoms with E-state index in [1.807, 2.05) is 24.3 Å². The van der Waals surface area contributed by atoms with Crippen LogP contribution in [0.1, 0.15) is 23.6 Å². The molecular formula is C17H16ClFN4O. The highest BCUT2D eigenvalue weighted by atomic mass is 35.5. The molecule has 124 valence electrons. The van der Waals surface area contributed by atoms with Crippen LogP contribution in [0.4, 0.5) is 4.39 Å². The predicted molar refractivity (Wildman–Crippen MR) is 91.0 cm³/mol. The summed E-state index contributed by atoms with van der Waals surface area (Å²) < 4.78 is 12.8. The summed E-state index contributed by atoms with van der Waals surface area (Å²) in [5.74, 6) is -0.553. The third kappa shape index (κ3) is 4.17. The van der Waals surface area contributed by atoms with Gasteiger partial charge in [-0.2, -0.15) is 5.10 Å². The zero-order chi connectivity index (χ0) is 16.9. The van der Waals surface area contributed by atoms with Gasteiger partial charge in [-0.05, 0) is 41.8 Å². The Kier molecular flexibility index (Phi) is 5.20. The van der Waals surface area contributed by atoms with Gasteiger partial charge in [0.1, 0.15) is 11.9 Å². The monoisotopic (exact) mass is 346 g/mol. The first-order valence-electron chi connectivity index (χ1n) is 7.47. The lowest BCUT2D eigenvalue weighted by Gasteiger charge is -2.09. The van der Waals surface area contributed by atoms with Gasteiger partial charge in [-0.3, -0.25) is 4.79 Å². The van der Waals surface area contributed by atoms with Gasteiger partial charge in [-0.15, -0.1) is 0 Å². The number of rotatable bonds is 4. The van der Waals surface area contributed by atoms with Gasteiger partial charge in [0, 0.05) is 11.1 Å². The molecule has 0 aliphatic carbocycles. The summed E-state index contributed by atoms with van der Waals surface area (Å²) in [6, 6.07) is 13.0. The van der Waals surface area contributed by atoms with Gasteiger partial charge in [-0.1, -0.05) is 35.9 Å². The van der Waals surface area contributed by atoms with E-state index in [-0.39, 0.29) is 17.8 Å². The van der Waals surface area contributed by atoms with Crippen molar-refractivity contribution in [3.8, 4) is 0 Å². The minimum atomic E-state index is -0.393. The summed E-state index contributed by atoms with van der Waals surface area (Å²) in [4.78, 5) is 12.1. The maximum atomic E-state index is 12.8. The molecule has 0 radical (unpaired) electrons. The Hall–Kier alpha value is -2.28. The van der Waals surface area contributed by atoms with E-state index in [1.54, 1.807) is 12.1 Å². The number of carbonyl (C=O) groups excluding carboxylic acids is 1. The molecule has 1 fully saturated rings. The normalized spacial score (nSPS) is 20.4. The van der Waals surface area contributed by atoms with Crippen molar-refractivity contribution in [3.05, 3.63) is 70.5 Å². The summed E-state index contributed by atoms with van der Waals surface area (Å²) in [6.07, 6.45) is 2.07. The molecule has 1 aliphatic rings. The van der Waals surface area contributed by atoms with E-state index in [1.165, 1.54) is 18.3 Å². The molecule has 3 rings (SSSR count). The molecule has 0 aromatic heterocycles. The van der Waals surface area contributed by atoms with Crippen LogP contribution in [0, 0.1) is 5.82 Å². The van der Waals surface area contributed by atoms with Crippen molar-refractivity contribution < 1.29 is 9.18 Å². The number of hydrogen-bond donors (Lipinski definition) is 3. The second-order valence-corrected chi connectivity index (χ2v) is 5.90. The number of nitrogens with zero attached hydrogens (tertiary/aromatic N) is 1. The molecule has 0 bridgehead atoms. The molecule has 5 nitrogen and oxygen atoms in total. The molecule has 0 spiro atoms. The highest BCUT2D eigenvalue weighted by Gasteiger charge is 2.29. The standard InChI is InChI=1S/C17H16ClFN4O/c18-13-5-3-12(4-6-13)15-9-16(22-21-15)17(24)23-20-10-11-1-7-14(19)8-2-11/h1-8,10,15-16,21-22H,9H2,(H,23,24)/b20-10+. The van der Waals surface area contributed by atoms with Crippen LogP contribution in [0.25, 0.3) is 0 Å². The fourth-order valence-electron chi connectivity index (χ4n) is 2.44. The Morgan fingerprint density at radius 2 is 1.88 bits per heavy atom. The van der Waals surface area contributed by atoms with Crippen molar-refractivity contribution in [3.63, 3.8) is 0 Å². The number of carbonyl (C=O) groups is 1. The van der Waals surface area contributed by atoms with Crippen LogP contribution in [0.2, 0.25) is 5.02 Å². The van der Waals surface area contributed by atoms with Crippen LogP contribution in [0.15, 0.2) is 53.6 Å². The number of halogens is 2. The van der Waals surface area contributed by atoms with Gasteiger partial charge in [0.2, 0.25) is 0 Å². The number of amides is 1. The van der Waals surface area contributed by atoms with Gasteiger partial charge >= 0.3 is 0 Å². The lowest BCUT2D eigenvalue weighted by Crippen LogP contribution is -2.41. The molecule has 2 aromatic rings. The van der Waals surface area contributed by atoms with Gasteiger partial charge < -0.3 is 0 Å². The fourth-order valence-corrected chi connectivity index (χ4v) is 2.57. The summed E-state index contributed by atoms with van der Waals surface area (Å²) in [6.45, 7) is 0. The van der Waals surface area contributed by atoms with Crippen molar-refractivity contribution in [1.29, 1.82) is 0 Å². The molecule has 2 unspecified atom stereocenters. The highest BCUT2D eigenvalue weighted by molar-refractivity contribution is 6.30. The minimum absolute atomic E-state index is 0.0269. The molecular weight excluding hydrogens is 331 g/mol. The quantitative estimate of drug-likeness (QED) is 0.589. The van der Waals surface area contributed by atoms with Crippen molar-refractivity contribution in [2.24, 2.45) is 5.10 Å². The molecule has 3 N–H and O–H groups in total. The van der Waals surface area contributed by atoms with E-state index in [9.17, 15) is 9.18 Å². The average Bonchev–Trinajstić information content (AvgIpc) is 3.07. The van der Waals surface area contributed by atoms with Crippen molar-refractivity contribution in [2.45, 2.75) is 18.5 Å². The Balaban J connectivity index is 1.52. The van der Waals surface area contributed by atoms with E-state index in [4.69, 9.17) is 11.6 Å². The van der Waals surface area contributed by atoms with E-state index in [0.717, 1.165) is 5.56 Å². The van der Waals surface area contributed by atoms with E-state index in [2.05, 4.69) is 21.4 Å². The lowest BCUT2D eigenvalue weighted by molar-refractivity contribution is -0.122. The summed E-state index contributed by atoms with van der Waals surface area (Å²) in [5.41, 5.74) is 10.3. The van der Waals surface area contributed by atoms with Gasteiger partial charge in [0.15, 0.2) is 0 Å². The van der Waals surface area contributed by atoms with Crippen LogP contribution in [-0.2, 0) is 4.79 Å². The molecule has 1 heterocycles. The first-order valence-corrected chi connectivity index (χ1v) is 7.84. The lowest BCUT2D eigenvalue weighted by atomic mass is 10.0. The smallest absolute Gasteiger partial charge is 0.258 e. The third-order valence-corrected chi connectivity index (χ3v) is 4.00. The van der Waals surface area contributed by atoms with Crippen LogP contribution < -0.4 is 16.3 Å². The van der Waals surface area contributed by atoms with Crippen LogP contribution in [-0.4, -0.2) is 18.2 Å². The third-order valence-electron chi connectivity index (χ3n) is 3.75. The largest absolute Gasteiger partial charge is 0.271 e. The number of hydrazine groups is 1. The van der Waals surface area contributed by atoms with E-state index in [0.29, 0.717) is 17.0 Å². The number of hydrazone groups is 1. The van der Waals surface area contributed by atoms with Crippen molar-refractivity contribution in [2.75, 3.05) is 0 Å². The van der Waals surface area contributed by atoms with Gasteiger partial charge in [0.05, 0.1) is 6.21 Å². The molecule has 24 heavy (non-hydrogen) atoms. The maximum absolute atomic E-state index is 12.8. The fraction of sp³-hybridized carbons (Fsp3) is 0.176. The second-order valence-electron chi connectivity index (χ2n) is 5.47. The topological polar surface area (TPSA) is 65.5 Å². The minimum Gasteiger partial charge on any atom is -0.271 e. The average molecular weight is 347 g/mol. The number of nitrogens with one attached hydrogen (secondary N) is 3. The zero-order valence-corrected chi connectivity index (χ0v) is 13.4. The number of hydrogen-bond acceptors (Lipinski definition) is 4. The van der Waals surface area contributed by atoms with Gasteiger partial charge in [-0.25, -0.2) is 20.7 Å². The first kappa shape index (κ1) is 16.6. The maximum Gasteiger partial charge on any atom is 0.258 e. The van der Waals surface area contributed by atoms with Crippen LogP contribution >= 0.6 is 11.6 Å².